The first kappa shape index (κ1) is 9.34. The lowest BCUT2D eigenvalue weighted by Gasteiger charge is -2.29. The Hall–Kier alpha value is -1.22. The molecule has 1 unspecified atom stereocenters. The van der Waals surface area contributed by atoms with E-state index in [-0.39, 0.29) is 0 Å². The van der Waals surface area contributed by atoms with Gasteiger partial charge in [0, 0.05) is 0 Å². The van der Waals surface area contributed by atoms with Crippen molar-refractivity contribution in [1.82, 2.24) is 0 Å². The Morgan fingerprint density at radius 1 is 1.50 bits per heavy atom. The second-order valence-corrected chi connectivity index (χ2v) is 3.70. The van der Waals surface area contributed by atoms with Crippen LogP contribution in [0.1, 0.15) is 24.0 Å². The van der Waals surface area contributed by atoms with Crippen LogP contribution in [0.5, 0.6) is 0 Å². The van der Waals surface area contributed by atoms with Crippen molar-refractivity contribution in [2.45, 2.75) is 24.9 Å². The van der Waals surface area contributed by atoms with Crippen LogP contribution in [-0.4, -0.2) is 11.4 Å². The highest BCUT2D eigenvalue weighted by atomic mass is 19.1. The predicted molar refractivity (Wildman–Crippen MR) is 49.3 cm³/mol. The standard InChI is InChI=1S/C11H11FO2/c12-9-4-3-8-2-1-5-11(14,7-13)10(8)6-9/h3-4,6-7,14H,1-2,5H2. The largest absolute Gasteiger partial charge is 0.378 e. The number of hydrogen-bond acceptors (Lipinski definition) is 2. The van der Waals surface area contributed by atoms with Gasteiger partial charge in [0.05, 0.1) is 0 Å². The fraction of sp³-hybridized carbons (Fsp3) is 0.364. The summed E-state index contributed by atoms with van der Waals surface area (Å²) in [5, 5.41) is 9.92. The van der Waals surface area contributed by atoms with E-state index in [1.165, 1.54) is 12.1 Å². The molecular formula is C11H11FO2. The highest BCUT2D eigenvalue weighted by molar-refractivity contribution is 5.67. The molecule has 74 valence electrons. The molecule has 1 aromatic rings. The lowest BCUT2D eigenvalue weighted by molar-refractivity contribution is -0.126. The summed E-state index contributed by atoms with van der Waals surface area (Å²) in [6.45, 7) is 0. The normalized spacial score (nSPS) is 25.6. The number of hydrogen-bond donors (Lipinski definition) is 1. The van der Waals surface area contributed by atoms with Gasteiger partial charge in [0.2, 0.25) is 0 Å². The number of aliphatic hydroxyl groups is 1. The third-order valence-corrected chi connectivity index (χ3v) is 2.74. The number of aryl methyl sites for hydroxylation is 1. The van der Waals surface area contributed by atoms with Crippen molar-refractivity contribution in [1.29, 1.82) is 0 Å². The van der Waals surface area contributed by atoms with Gasteiger partial charge in [-0.25, -0.2) is 4.39 Å². The average molecular weight is 194 g/mol. The Labute approximate surface area is 81.4 Å². The summed E-state index contributed by atoms with van der Waals surface area (Å²) in [5.74, 6) is -0.411. The zero-order chi connectivity index (χ0) is 10.2. The van der Waals surface area contributed by atoms with Gasteiger partial charge >= 0.3 is 0 Å². The molecule has 0 heterocycles. The Morgan fingerprint density at radius 3 is 3.00 bits per heavy atom. The topological polar surface area (TPSA) is 37.3 Å². The first-order valence-electron chi connectivity index (χ1n) is 4.63. The molecule has 14 heavy (non-hydrogen) atoms. The Bertz CT molecular complexity index is 376. The van der Waals surface area contributed by atoms with E-state index in [9.17, 15) is 14.3 Å². The third-order valence-electron chi connectivity index (χ3n) is 2.74. The van der Waals surface area contributed by atoms with Crippen molar-refractivity contribution in [3.8, 4) is 0 Å². The second-order valence-electron chi connectivity index (χ2n) is 3.70. The molecule has 2 rings (SSSR count). The van der Waals surface area contributed by atoms with E-state index in [4.69, 9.17) is 0 Å². The van der Waals surface area contributed by atoms with Crippen LogP contribution in [0.25, 0.3) is 0 Å². The van der Waals surface area contributed by atoms with Gasteiger partial charge in [-0.3, -0.25) is 4.79 Å². The van der Waals surface area contributed by atoms with Crippen molar-refractivity contribution < 1.29 is 14.3 Å². The Balaban J connectivity index is 2.57. The average Bonchev–Trinajstić information content (AvgIpc) is 2.20. The maximum atomic E-state index is 12.9. The fourth-order valence-electron chi connectivity index (χ4n) is 1.98. The third kappa shape index (κ3) is 1.34. The zero-order valence-electron chi connectivity index (χ0n) is 7.66. The maximum absolute atomic E-state index is 12.9. The summed E-state index contributed by atoms with van der Waals surface area (Å²) in [5.41, 5.74) is -0.179. The van der Waals surface area contributed by atoms with Gasteiger partial charge < -0.3 is 5.11 Å². The summed E-state index contributed by atoms with van der Waals surface area (Å²) >= 11 is 0. The molecule has 0 saturated heterocycles. The van der Waals surface area contributed by atoms with Gasteiger partial charge in [0.15, 0.2) is 6.29 Å². The van der Waals surface area contributed by atoms with Crippen LogP contribution >= 0.6 is 0 Å². The van der Waals surface area contributed by atoms with E-state index in [0.29, 0.717) is 18.3 Å². The molecule has 0 radical (unpaired) electrons. The molecule has 0 saturated carbocycles. The molecule has 0 spiro atoms. The second kappa shape index (κ2) is 3.17. The van der Waals surface area contributed by atoms with Crippen LogP contribution in [0.3, 0.4) is 0 Å². The molecular weight excluding hydrogens is 183 g/mol. The van der Waals surface area contributed by atoms with Crippen LogP contribution in [0, 0.1) is 5.82 Å². The minimum absolute atomic E-state index is 0.382. The number of aldehydes is 1. The van der Waals surface area contributed by atoms with Crippen molar-refractivity contribution in [3.05, 3.63) is 35.1 Å². The van der Waals surface area contributed by atoms with Crippen LogP contribution in [0.15, 0.2) is 18.2 Å². The molecule has 3 heteroatoms. The van der Waals surface area contributed by atoms with E-state index in [1.807, 2.05) is 0 Å². The van der Waals surface area contributed by atoms with Gasteiger partial charge in [-0.1, -0.05) is 6.07 Å². The lowest BCUT2D eigenvalue weighted by atomic mass is 9.80. The molecule has 1 atom stereocenters. The molecule has 0 aliphatic heterocycles. The Morgan fingerprint density at radius 2 is 2.29 bits per heavy atom. The maximum Gasteiger partial charge on any atom is 0.156 e. The number of benzene rings is 1. The minimum Gasteiger partial charge on any atom is -0.378 e. The quantitative estimate of drug-likeness (QED) is 0.689. The van der Waals surface area contributed by atoms with E-state index in [2.05, 4.69) is 0 Å². The molecule has 1 aliphatic carbocycles. The first-order valence-corrected chi connectivity index (χ1v) is 4.63. The summed E-state index contributed by atoms with van der Waals surface area (Å²) < 4.78 is 12.9. The van der Waals surface area contributed by atoms with E-state index < -0.39 is 11.4 Å². The lowest BCUT2D eigenvalue weighted by Crippen LogP contribution is -2.32. The van der Waals surface area contributed by atoms with E-state index in [0.717, 1.165) is 18.4 Å². The number of halogens is 1. The first-order chi connectivity index (χ1) is 6.65. The van der Waals surface area contributed by atoms with Crippen LogP contribution in [-0.2, 0) is 16.8 Å². The van der Waals surface area contributed by atoms with Crippen molar-refractivity contribution in [3.63, 3.8) is 0 Å². The highest BCUT2D eigenvalue weighted by Gasteiger charge is 2.34. The monoisotopic (exact) mass is 194 g/mol. The van der Waals surface area contributed by atoms with Crippen molar-refractivity contribution in [2.75, 3.05) is 0 Å². The fourth-order valence-corrected chi connectivity index (χ4v) is 1.98. The van der Waals surface area contributed by atoms with Gasteiger partial charge in [-0.2, -0.15) is 0 Å². The smallest absolute Gasteiger partial charge is 0.156 e. The molecule has 2 nitrogen and oxygen atoms in total. The molecule has 1 aliphatic rings. The molecule has 0 aromatic heterocycles. The number of fused-ring (bicyclic) bond motifs is 1. The SMILES string of the molecule is O=CC1(O)CCCc2ccc(F)cc21. The van der Waals surface area contributed by atoms with Gasteiger partial charge in [0.1, 0.15) is 11.4 Å². The van der Waals surface area contributed by atoms with Crippen LogP contribution in [0.4, 0.5) is 4.39 Å². The van der Waals surface area contributed by atoms with Crippen LogP contribution in [0.2, 0.25) is 0 Å². The number of carbonyl (C=O) groups is 1. The van der Waals surface area contributed by atoms with Gasteiger partial charge in [0.25, 0.3) is 0 Å². The van der Waals surface area contributed by atoms with Crippen LogP contribution < -0.4 is 0 Å². The van der Waals surface area contributed by atoms with Crippen molar-refractivity contribution >= 4 is 6.29 Å². The minimum atomic E-state index is -1.48. The van der Waals surface area contributed by atoms with E-state index >= 15 is 0 Å². The molecule has 1 aromatic carbocycles. The van der Waals surface area contributed by atoms with Gasteiger partial charge in [-0.05, 0) is 42.5 Å². The summed E-state index contributed by atoms with van der Waals surface area (Å²) in [7, 11) is 0. The van der Waals surface area contributed by atoms with E-state index in [1.54, 1.807) is 6.07 Å². The molecule has 1 N–H and O–H groups in total. The predicted octanol–water partition coefficient (Wildman–Crippen LogP) is 1.55. The van der Waals surface area contributed by atoms with Gasteiger partial charge in [-0.15, -0.1) is 0 Å². The highest BCUT2D eigenvalue weighted by Crippen LogP contribution is 2.33. The summed E-state index contributed by atoms with van der Waals surface area (Å²) in [4.78, 5) is 10.8. The molecule has 0 amide bonds. The number of carbonyl (C=O) groups excluding carboxylic acids is 1. The molecule has 0 bridgehead atoms. The summed E-state index contributed by atoms with van der Waals surface area (Å²) in [6.07, 6.45) is 2.44. The Kier molecular flexibility index (Phi) is 2.11. The zero-order valence-corrected chi connectivity index (χ0v) is 7.66. The number of rotatable bonds is 1. The summed E-state index contributed by atoms with van der Waals surface area (Å²) in [6, 6.07) is 4.25. The van der Waals surface area contributed by atoms with Crippen molar-refractivity contribution in [2.24, 2.45) is 0 Å². The molecule has 0 fully saturated rings.